The van der Waals surface area contributed by atoms with Crippen molar-refractivity contribution in [1.82, 2.24) is 5.32 Å². The van der Waals surface area contributed by atoms with E-state index in [4.69, 9.17) is 5.73 Å². The van der Waals surface area contributed by atoms with E-state index in [9.17, 15) is 9.59 Å². The van der Waals surface area contributed by atoms with Gasteiger partial charge in [0.1, 0.15) is 0 Å². The molecule has 5 nitrogen and oxygen atoms in total. The molecule has 0 aliphatic heterocycles. The van der Waals surface area contributed by atoms with Gasteiger partial charge in [-0.3, -0.25) is 4.79 Å². The molecule has 2 aliphatic carbocycles. The Kier molecular flexibility index (Phi) is 3.82. The summed E-state index contributed by atoms with van der Waals surface area (Å²) in [5.74, 6) is 0.909. The van der Waals surface area contributed by atoms with E-state index < -0.39 is 5.91 Å². The molecule has 0 bridgehead atoms. The summed E-state index contributed by atoms with van der Waals surface area (Å²) in [4.78, 5) is 23.3. The summed E-state index contributed by atoms with van der Waals surface area (Å²) in [5, 5.41) is 5.96. The second-order valence-electron chi connectivity index (χ2n) is 6.10. The Labute approximate surface area is 124 Å². The predicted molar refractivity (Wildman–Crippen MR) is 80.7 cm³/mol. The zero-order valence-corrected chi connectivity index (χ0v) is 12.0. The van der Waals surface area contributed by atoms with Crippen molar-refractivity contribution in [3.8, 4) is 0 Å². The summed E-state index contributed by atoms with van der Waals surface area (Å²) in [6.07, 6.45) is 5.02. The molecule has 2 saturated carbocycles. The highest BCUT2D eigenvalue weighted by molar-refractivity contribution is 5.91. The van der Waals surface area contributed by atoms with E-state index in [1.165, 1.54) is 25.7 Å². The van der Waals surface area contributed by atoms with Gasteiger partial charge in [-0.05, 0) is 49.1 Å². The molecule has 0 radical (unpaired) electrons. The van der Waals surface area contributed by atoms with E-state index in [1.54, 1.807) is 12.1 Å². The molecule has 2 fully saturated rings. The summed E-state index contributed by atoms with van der Waals surface area (Å²) >= 11 is 0. The zero-order chi connectivity index (χ0) is 14.8. The molecule has 112 valence electrons. The summed E-state index contributed by atoms with van der Waals surface area (Å²) in [6, 6.07) is 7.39. The van der Waals surface area contributed by atoms with Crippen LogP contribution in [-0.4, -0.2) is 18.0 Å². The number of hydrogen-bond acceptors (Lipinski definition) is 2. The van der Waals surface area contributed by atoms with Crippen LogP contribution >= 0.6 is 0 Å². The molecule has 5 heteroatoms. The van der Waals surface area contributed by atoms with Crippen molar-refractivity contribution in [2.24, 2.45) is 17.6 Å². The molecule has 1 aromatic carbocycles. The van der Waals surface area contributed by atoms with E-state index in [-0.39, 0.29) is 12.5 Å². The van der Waals surface area contributed by atoms with Gasteiger partial charge in [0.05, 0.1) is 6.42 Å². The van der Waals surface area contributed by atoms with Gasteiger partial charge in [-0.25, -0.2) is 4.79 Å². The maximum absolute atomic E-state index is 12.2. The van der Waals surface area contributed by atoms with Crippen LogP contribution in [-0.2, 0) is 11.2 Å². The van der Waals surface area contributed by atoms with Crippen LogP contribution in [0.1, 0.15) is 31.2 Å². The van der Waals surface area contributed by atoms with E-state index >= 15 is 0 Å². The fourth-order valence-corrected chi connectivity index (χ4v) is 2.83. The molecule has 0 atom stereocenters. The van der Waals surface area contributed by atoms with Crippen molar-refractivity contribution in [3.05, 3.63) is 29.8 Å². The van der Waals surface area contributed by atoms with E-state index in [1.807, 2.05) is 12.1 Å². The third-order valence-corrected chi connectivity index (χ3v) is 4.19. The minimum Gasteiger partial charge on any atom is -0.369 e. The third-order valence-electron chi connectivity index (χ3n) is 4.19. The van der Waals surface area contributed by atoms with Crippen molar-refractivity contribution >= 4 is 17.6 Å². The number of nitrogens with one attached hydrogen (secondary N) is 2. The van der Waals surface area contributed by atoms with Gasteiger partial charge in [-0.2, -0.15) is 0 Å². The lowest BCUT2D eigenvalue weighted by molar-refractivity contribution is -0.117. The van der Waals surface area contributed by atoms with Gasteiger partial charge >= 0.3 is 6.03 Å². The first-order chi connectivity index (χ1) is 10.1. The largest absolute Gasteiger partial charge is 0.369 e. The van der Waals surface area contributed by atoms with E-state index in [0.29, 0.717) is 23.6 Å². The molecule has 2 aliphatic rings. The number of hydrogen-bond donors (Lipinski definition) is 3. The number of rotatable bonds is 6. The highest BCUT2D eigenvalue weighted by Gasteiger charge is 2.42. The van der Waals surface area contributed by atoms with Gasteiger partial charge < -0.3 is 16.4 Å². The van der Waals surface area contributed by atoms with Crippen LogP contribution in [0, 0.1) is 11.8 Å². The molecule has 21 heavy (non-hydrogen) atoms. The molecule has 0 spiro atoms. The molecular weight excluding hydrogens is 266 g/mol. The topological polar surface area (TPSA) is 84.2 Å². The smallest absolute Gasteiger partial charge is 0.319 e. The minimum absolute atomic E-state index is 0.130. The van der Waals surface area contributed by atoms with Gasteiger partial charge in [-0.15, -0.1) is 0 Å². The van der Waals surface area contributed by atoms with Crippen molar-refractivity contribution < 1.29 is 9.59 Å². The maximum atomic E-state index is 12.2. The molecule has 0 aromatic heterocycles. The van der Waals surface area contributed by atoms with Crippen LogP contribution in [0.3, 0.4) is 0 Å². The molecule has 3 amide bonds. The normalized spacial score (nSPS) is 17.6. The van der Waals surface area contributed by atoms with Crippen LogP contribution < -0.4 is 16.4 Å². The highest BCUT2D eigenvalue weighted by Crippen LogP contribution is 2.44. The maximum Gasteiger partial charge on any atom is 0.319 e. The lowest BCUT2D eigenvalue weighted by Crippen LogP contribution is -2.40. The average Bonchev–Trinajstić information content (AvgIpc) is 3.30. The Balaban J connectivity index is 1.62. The molecular formula is C16H21N3O2. The van der Waals surface area contributed by atoms with Crippen molar-refractivity contribution in [3.63, 3.8) is 0 Å². The summed E-state index contributed by atoms with van der Waals surface area (Å²) in [7, 11) is 0. The Morgan fingerprint density at radius 1 is 1.14 bits per heavy atom. The molecule has 4 N–H and O–H groups in total. The number of carbonyl (C=O) groups excluding carboxylic acids is 2. The zero-order valence-electron chi connectivity index (χ0n) is 12.0. The fourth-order valence-electron chi connectivity index (χ4n) is 2.83. The van der Waals surface area contributed by atoms with E-state index in [2.05, 4.69) is 10.6 Å². The summed E-state index contributed by atoms with van der Waals surface area (Å²) in [5.41, 5.74) is 6.63. The van der Waals surface area contributed by atoms with Crippen LogP contribution in [0.25, 0.3) is 0 Å². The van der Waals surface area contributed by atoms with Crippen LogP contribution in [0.4, 0.5) is 10.5 Å². The van der Waals surface area contributed by atoms with Crippen molar-refractivity contribution in [2.45, 2.75) is 38.1 Å². The molecule has 0 heterocycles. The Bertz CT molecular complexity index is 538. The SMILES string of the molecule is NC(=O)Cc1ccccc1NC(=O)NC(C1CC1)C1CC1. The first kappa shape index (κ1) is 13.9. The van der Waals surface area contributed by atoms with Gasteiger partial charge in [0.2, 0.25) is 5.91 Å². The van der Waals surface area contributed by atoms with Crippen molar-refractivity contribution in [2.75, 3.05) is 5.32 Å². The predicted octanol–water partition coefficient (Wildman–Crippen LogP) is 2.02. The summed E-state index contributed by atoms with van der Waals surface area (Å²) in [6.45, 7) is 0. The van der Waals surface area contributed by atoms with Crippen LogP contribution in [0.2, 0.25) is 0 Å². The minimum atomic E-state index is -0.404. The van der Waals surface area contributed by atoms with Gasteiger partial charge in [0, 0.05) is 11.7 Å². The Morgan fingerprint density at radius 2 is 1.76 bits per heavy atom. The first-order valence-corrected chi connectivity index (χ1v) is 7.57. The monoisotopic (exact) mass is 287 g/mol. The lowest BCUT2D eigenvalue weighted by atomic mass is 10.1. The Morgan fingerprint density at radius 3 is 2.33 bits per heavy atom. The highest BCUT2D eigenvalue weighted by atomic mass is 16.2. The second kappa shape index (κ2) is 5.76. The molecule has 3 rings (SSSR count). The number of nitrogens with two attached hydrogens (primary N) is 1. The number of amides is 3. The lowest BCUT2D eigenvalue weighted by Gasteiger charge is -2.19. The Hall–Kier alpha value is -2.04. The number of primary amides is 1. The molecule has 1 aromatic rings. The van der Waals surface area contributed by atoms with Gasteiger partial charge in [0.25, 0.3) is 0 Å². The quantitative estimate of drug-likeness (QED) is 0.748. The molecule has 0 unspecified atom stereocenters. The van der Waals surface area contributed by atoms with Crippen LogP contribution in [0.5, 0.6) is 0 Å². The van der Waals surface area contributed by atoms with Gasteiger partial charge in [0.15, 0.2) is 0 Å². The van der Waals surface area contributed by atoms with E-state index in [0.717, 1.165) is 5.56 Å². The van der Waals surface area contributed by atoms with Crippen LogP contribution in [0.15, 0.2) is 24.3 Å². The number of urea groups is 1. The number of anilines is 1. The van der Waals surface area contributed by atoms with Crippen molar-refractivity contribution in [1.29, 1.82) is 0 Å². The first-order valence-electron chi connectivity index (χ1n) is 7.57. The number of benzene rings is 1. The van der Waals surface area contributed by atoms with Gasteiger partial charge in [-0.1, -0.05) is 18.2 Å². The second-order valence-corrected chi connectivity index (χ2v) is 6.10. The number of para-hydroxylation sites is 1. The molecule has 0 saturated heterocycles. The fraction of sp³-hybridized carbons (Fsp3) is 0.500. The third kappa shape index (κ3) is 3.74. The standard InChI is InChI=1S/C16H21N3O2/c17-14(20)9-12-3-1-2-4-13(12)18-16(21)19-15(10-5-6-10)11-7-8-11/h1-4,10-11,15H,5-9H2,(H2,17,20)(H2,18,19,21). The average molecular weight is 287 g/mol. The number of carbonyl (C=O) groups is 2. The summed E-state index contributed by atoms with van der Waals surface area (Å²) < 4.78 is 0.